The molecule has 0 saturated carbocycles. The number of benzene rings is 6. The lowest BCUT2D eigenvalue weighted by atomic mass is 9.92. The Bertz CT molecular complexity index is 1680. The minimum Gasteiger partial charge on any atom is -0.0623 e. The zero-order chi connectivity index (χ0) is 27.8. The molecule has 0 unspecified atom stereocenters. The van der Waals surface area contributed by atoms with E-state index in [1.807, 2.05) is 0 Å². The van der Waals surface area contributed by atoms with E-state index in [2.05, 4.69) is 159 Å². The van der Waals surface area contributed by atoms with E-state index >= 15 is 0 Å². The summed E-state index contributed by atoms with van der Waals surface area (Å²) in [4.78, 5) is 0. The van der Waals surface area contributed by atoms with Gasteiger partial charge in [0.15, 0.2) is 8.07 Å². The average Bonchev–Trinajstić information content (AvgIpc) is 3.28. The average molecular weight is 543 g/mol. The first-order valence-corrected chi connectivity index (χ1v) is 16.6. The van der Waals surface area contributed by atoms with Crippen molar-refractivity contribution in [3.8, 4) is 11.1 Å². The highest BCUT2D eigenvalue weighted by Crippen LogP contribution is 2.33. The first-order valence-electron chi connectivity index (χ1n) is 14.6. The van der Waals surface area contributed by atoms with Crippen LogP contribution in [0.4, 0.5) is 0 Å². The summed E-state index contributed by atoms with van der Waals surface area (Å²) in [7, 11) is -2.52. The monoisotopic (exact) mass is 542 g/mol. The van der Waals surface area contributed by atoms with Crippen molar-refractivity contribution in [3.63, 3.8) is 0 Å². The summed E-state index contributed by atoms with van der Waals surface area (Å²) in [6.07, 6.45) is 1.90. The Morgan fingerprint density at radius 3 is 1.12 bits per heavy atom. The van der Waals surface area contributed by atoms with Gasteiger partial charge in [-0.3, -0.25) is 0 Å². The highest BCUT2D eigenvalue weighted by atomic mass is 28.3. The summed E-state index contributed by atoms with van der Waals surface area (Å²) in [6, 6.07) is 54.6. The van der Waals surface area contributed by atoms with E-state index in [-0.39, 0.29) is 0 Å². The first kappa shape index (κ1) is 25.5. The molecule has 0 bridgehead atoms. The molecule has 0 spiro atoms. The predicted molar refractivity (Wildman–Crippen MR) is 177 cm³/mol. The van der Waals surface area contributed by atoms with Crippen molar-refractivity contribution in [3.05, 3.63) is 179 Å². The Morgan fingerprint density at radius 2 is 0.756 bits per heavy atom. The summed E-state index contributed by atoms with van der Waals surface area (Å²) >= 11 is 0. The van der Waals surface area contributed by atoms with Crippen LogP contribution in [0, 0.1) is 13.8 Å². The van der Waals surface area contributed by atoms with E-state index in [0.717, 1.165) is 12.8 Å². The molecule has 41 heavy (non-hydrogen) atoms. The molecule has 0 atom stereocenters. The topological polar surface area (TPSA) is 0 Å². The van der Waals surface area contributed by atoms with Gasteiger partial charge in [-0.1, -0.05) is 146 Å². The van der Waals surface area contributed by atoms with Crippen LogP contribution >= 0.6 is 0 Å². The molecule has 0 radical (unpaired) electrons. The number of aryl methyl sites for hydroxylation is 2. The summed E-state index contributed by atoms with van der Waals surface area (Å²) < 4.78 is 0. The molecule has 0 aromatic heterocycles. The number of hydrogen-bond acceptors (Lipinski definition) is 0. The van der Waals surface area contributed by atoms with Crippen molar-refractivity contribution >= 4 is 28.8 Å². The molecule has 6 aromatic carbocycles. The SMILES string of the molecule is Cc1cc2c(cc1Cc1ccccc1)-c1cc(Cc3ccccc3)c(C)cc1[Si]2(c1ccccc1)c1ccccc1. The summed E-state index contributed by atoms with van der Waals surface area (Å²) in [5.41, 5.74) is 11.1. The van der Waals surface area contributed by atoms with Gasteiger partial charge in [-0.05, 0) is 91.9 Å². The minimum atomic E-state index is -2.52. The quantitative estimate of drug-likeness (QED) is 0.202. The second kappa shape index (κ2) is 10.5. The molecule has 7 rings (SSSR count). The van der Waals surface area contributed by atoms with Crippen LogP contribution in [0.1, 0.15) is 33.4 Å². The van der Waals surface area contributed by atoms with Gasteiger partial charge in [0.05, 0.1) is 0 Å². The summed E-state index contributed by atoms with van der Waals surface area (Å²) in [5, 5.41) is 5.96. The van der Waals surface area contributed by atoms with Crippen LogP contribution in [0.25, 0.3) is 11.1 Å². The van der Waals surface area contributed by atoms with Crippen molar-refractivity contribution in [2.24, 2.45) is 0 Å². The van der Waals surface area contributed by atoms with Crippen molar-refractivity contribution < 1.29 is 0 Å². The van der Waals surface area contributed by atoms with E-state index in [1.165, 1.54) is 65.3 Å². The van der Waals surface area contributed by atoms with Gasteiger partial charge < -0.3 is 0 Å². The normalized spacial score (nSPS) is 13.0. The molecule has 0 N–H and O–H groups in total. The summed E-state index contributed by atoms with van der Waals surface area (Å²) in [6.45, 7) is 4.62. The zero-order valence-electron chi connectivity index (χ0n) is 23.8. The largest absolute Gasteiger partial charge is 0.180 e. The Labute approximate surface area is 245 Å². The van der Waals surface area contributed by atoms with Crippen LogP contribution in [-0.2, 0) is 12.8 Å². The molecule has 0 fully saturated rings. The van der Waals surface area contributed by atoms with Crippen molar-refractivity contribution in [1.29, 1.82) is 0 Å². The predicted octanol–water partition coefficient (Wildman–Crippen LogP) is 6.84. The van der Waals surface area contributed by atoms with Crippen molar-refractivity contribution in [1.82, 2.24) is 0 Å². The fourth-order valence-electron chi connectivity index (χ4n) is 6.89. The lowest BCUT2D eigenvalue weighted by molar-refractivity contribution is 1.15. The Kier molecular flexibility index (Phi) is 6.53. The molecule has 1 heterocycles. The van der Waals surface area contributed by atoms with Crippen LogP contribution in [0.15, 0.2) is 146 Å². The lowest BCUT2D eigenvalue weighted by Gasteiger charge is -2.32. The maximum atomic E-state index is 2.55. The third-order valence-electron chi connectivity index (χ3n) is 8.94. The van der Waals surface area contributed by atoms with Crippen LogP contribution in [0.2, 0.25) is 0 Å². The minimum absolute atomic E-state index is 0.948. The molecule has 1 heteroatoms. The second-order valence-electron chi connectivity index (χ2n) is 11.5. The lowest BCUT2D eigenvalue weighted by Crippen LogP contribution is -2.72. The molecule has 0 aliphatic carbocycles. The van der Waals surface area contributed by atoms with Gasteiger partial charge in [0.1, 0.15) is 0 Å². The molecule has 198 valence electrons. The molecule has 1 aliphatic rings. The molecule has 0 amide bonds. The van der Waals surface area contributed by atoms with Gasteiger partial charge in [-0.15, -0.1) is 0 Å². The van der Waals surface area contributed by atoms with E-state index < -0.39 is 8.07 Å². The number of hydrogen-bond donors (Lipinski definition) is 0. The molecular formula is C40H34Si. The van der Waals surface area contributed by atoms with Crippen LogP contribution in [-0.4, -0.2) is 8.07 Å². The maximum absolute atomic E-state index is 2.55. The van der Waals surface area contributed by atoms with E-state index in [0.29, 0.717) is 0 Å². The third kappa shape index (κ3) is 4.38. The fourth-order valence-corrected chi connectivity index (χ4v) is 12.2. The van der Waals surface area contributed by atoms with Crippen LogP contribution in [0.5, 0.6) is 0 Å². The van der Waals surface area contributed by atoms with Crippen LogP contribution < -0.4 is 20.7 Å². The third-order valence-corrected chi connectivity index (χ3v) is 13.8. The molecule has 1 aliphatic heterocycles. The molecule has 6 aromatic rings. The number of rotatable bonds is 6. The van der Waals surface area contributed by atoms with E-state index in [9.17, 15) is 0 Å². The molecule has 0 nitrogen and oxygen atoms in total. The molecular weight excluding hydrogens is 509 g/mol. The van der Waals surface area contributed by atoms with Gasteiger partial charge in [0.25, 0.3) is 0 Å². The van der Waals surface area contributed by atoms with Crippen molar-refractivity contribution in [2.75, 3.05) is 0 Å². The smallest absolute Gasteiger partial charge is 0.0623 e. The van der Waals surface area contributed by atoms with Gasteiger partial charge in [0.2, 0.25) is 0 Å². The maximum Gasteiger partial charge on any atom is 0.180 e. The second-order valence-corrected chi connectivity index (χ2v) is 15.2. The zero-order valence-corrected chi connectivity index (χ0v) is 24.8. The fraction of sp³-hybridized carbons (Fsp3) is 0.100. The van der Waals surface area contributed by atoms with E-state index in [4.69, 9.17) is 0 Å². The standard InChI is InChI=1S/C40H34Si/c1-29-23-39-37(27-33(29)25-31-15-7-3-8-16-31)38-28-34(26-32-17-9-4-10-18-32)30(2)24-40(38)41(39,35-19-11-5-12-20-35)36-21-13-6-14-22-36/h3-24,27-28H,25-26H2,1-2H3. The van der Waals surface area contributed by atoms with Gasteiger partial charge in [0, 0.05) is 0 Å². The van der Waals surface area contributed by atoms with Gasteiger partial charge in [-0.25, -0.2) is 0 Å². The highest BCUT2D eigenvalue weighted by molar-refractivity contribution is 7.22. The van der Waals surface area contributed by atoms with Gasteiger partial charge in [-0.2, -0.15) is 0 Å². The van der Waals surface area contributed by atoms with Crippen LogP contribution in [0.3, 0.4) is 0 Å². The van der Waals surface area contributed by atoms with Gasteiger partial charge >= 0.3 is 0 Å². The Hall–Kier alpha value is -4.46. The first-order chi connectivity index (χ1) is 20.1. The Balaban J connectivity index is 1.52. The highest BCUT2D eigenvalue weighted by Gasteiger charge is 2.49. The van der Waals surface area contributed by atoms with E-state index in [1.54, 1.807) is 0 Å². The molecule has 0 saturated heterocycles. The number of fused-ring (bicyclic) bond motifs is 3. The van der Waals surface area contributed by atoms with Crippen molar-refractivity contribution in [2.45, 2.75) is 26.7 Å². The summed E-state index contributed by atoms with van der Waals surface area (Å²) in [5.74, 6) is 0. The Morgan fingerprint density at radius 1 is 0.415 bits per heavy atom.